The van der Waals surface area contributed by atoms with Gasteiger partial charge in [0.15, 0.2) is 6.17 Å². The fourth-order valence-electron chi connectivity index (χ4n) is 1.79. The molecule has 1 radical (unpaired) electrons. The molecule has 1 rings (SSSR count). The van der Waals surface area contributed by atoms with Crippen LogP contribution in [0.25, 0.3) is 0 Å². The Kier molecular flexibility index (Phi) is 5.97. The molecule has 10 heteroatoms. The summed E-state index contributed by atoms with van der Waals surface area (Å²) in [7, 11) is 0. The van der Waals surface area contributed by atoms with Crippen molar-refractivity contribution in [2.75, 3.05) is 6.61 Å². The van der Waals surface area contributed by atoms with Crippen LogP contribution in [0, 0.1) is 0 Å². The van der Waals surface area contributed by atoms with Gasteiger partial charge < -0.3 is 15.3 Å². The van der Waals surface area contributed by atoms with E-state index in [-0.39, 0.29) is 5.06 Å². The highest BCUT2D eigenvalue weighted by molar-refractivity contribution is 5.86. The van der Waals surface area contributed by atoms with Gasteiger partial charge in [-0.15, -0.1) is 10.3 Å². The summed E-state index contributed by atoms with van der Waals surface area (Å²) in [6.45, 7) is 3.53. The summed E-state index contributed by atoms with van der Waals surface area (Å²) < 4.78 is 0.648. The molecule has 1 aromatic rings. The van der Waals surface area contributed by atoms with Gasteiger partial charge in [0.1, 0.15) is 12.2 Å². The van der Waals surface area contributed by atoms with E-state index in [2.05, 4.69) is 0 Å². The van der Waals surface area contributed by atoms with Gasteiger partial charge >= 0.3 is 5.69 Å². The fourth-order valence-corrected chi connectivity index (χ4v) is 1.79. The smallest absolute Gasteiger partial charge is 0.330 e. The van der Waals surface area contributed by atoms with Crippen LogP contribution in [-0.4, -0.2) is 60.1 Å². The third-order valence-corrected chi connectivity index (χ3v) is 3.10. The van der Waals surface area contributed by atoms with Crippen LogP contribution in [0.5, 0.6) is 0 Å². The predicted octanol–water partition coefficient (Wildman–Crippen LogP) is -2.24. The van der Waals surface area contributed by atoms with Gasteiger partial charge in [-0.25, -0.2) is 4.79 Å². The van der Waals surface area contributed by atoms with Crippen molar-refractivity contribution in [1.82, 2.24) is 14.6 Å². The molecule has 10 nitrogen and oxygen atoms in total. The van der Waals surface area contributed by atoms with Gasteiger partial charge in [-0.1, -0.05) is 0 Å². The van der Waals surface area contributed by atoms with Crippen LogP contribution in [0.1, 0.15) is 26.9 Å². The molecule has 0 fully saturated rings. The number of nitrogens with one attached hydrogen (secondary N) is 1. The molecule has 0 saturated carbocycles. The third-order valence-electron chi connectivity index (χ3n) is 3.10. The molecule has 0 aliphatic heterocycles. The molecule has 1 aromatic heterocycles. The molecular formula is C13H20N3O7. The summed E-state index contributed by atoms with van der Waals surface area (Å²) in [5.74, 6) is -1.19. The van der Waals surface area contributed by atoms with E-state index in [0.29, 0.717) is 4.57 Å². The molecular weight excluding hydrogens is 310 g/mol. The molecule has 0 aromatic carbocycles. The number of carbonyl (C=O) groups is 1. The minimum atomic E-state index is -2.08. The zero-order valence-corrected chi connectivity index (χ0v) is 13.0. The maximum absolute atomic E-state index is 12.4. The Bertz CT molecular complexity index is 661. The fraction of sp³-hybridized carbons (Fsp3) is 0.615. The number of hydroxylamine groups is 2. The molecule has 1 heterocycles. The van der Waals surface area contributed by atoms with Crippen molar-refractivity contribution < 1.29 is 25.3 Å². The van der Waals surface area contributed by atoms with Gasteiger partial charge in [0, 0.05) is 17.8 Å². The highest BCUT2D eigenvalue weighted by Gasteiger charge is 2.40. The van der Waals surface area contributed by atoms with Crippen molar-refractivity contribution in [3.8, 4) is 0 Å². The van der Waals surface area contributed by atoms with E-state index >= 15 is 0 Å². The summed E-state index contributed by atoms with van der Waals surface area (Å²) in [5.41, 5.74) is -2.87. The molecule has 0 amide bonds. The second-order valence-electron chi connectivity index (χ2n) is 5.98. The summed E-state index contributed by atoms with van der Waals surface area (Å²) >= 11 is 0. The number of aliphatic hydroxyl groups excluding tert-OH is 3. The van der Waals surface area contributed by atoms with Gasteiger partial charge in [0.25, 0.3) is 5.56 Å². The molecule has 3 atom stereocenters. The number of aromatic amines is 1. The first kappa shape index (κ1) is 19.2. The van der Waals surface area contributed by atoms with E-state index in [9.17, 15) is 29.8 Å². The molecule has 23 heavy (non-hydrogen) atoms. The number of aromatic nitrogens is 2. The maximum Gasteiger partial charge on any atom is 0.330 e. The zero-order valence-electron chi connectivity index (χ0n) is 13.0. The molecule has 0 spiro atoms. The van der Waals surface area contributed by atoms with E-state index < -0.39 is 47.6 Å². The third kappa shape index (κ3) is 4.33. The number of Topliss-reactive ketones (excluding diaryl/α,β-unsaturated/α-hetero) is 1. The average molecular weight is 330 g/mol. The number of nitrogens with zero attached hydrogens (tertiary/aromatic N) is 2. The summed E-state index contributed by atoms with van der Waals surface area (Å²) in [5, 5.41) is 40.7. The first-order chi connectivity index (χ1) is 10.5. The lowest BCUT2D eigenvalue weighted by Gasteiger charge is -2.35. The zero-order chi connectivity index (χ0) is 17.9. The maximum atomic E-state index is 12.4. The number of rotatable bonds is 6. The monoisotopic (exact) mass is 330 g/mol. The number of hydrogen-bond acceptors (Lipinski definition) is 7. The van der Waals surface area contributed by atoms with Crippen molar-refractivity contribution in [1.29, 1.82) is 0 Å². The van der Waals surface area contributed by atoms with Crippen molar-refractivity contribution in [3.05, 3.63) is 33.1 Å². The van der Waals surface area contributed by atoms with Crippen LogP contribution in [0.3, 0.4) is 0 Å². The van der Waals surface area contributed by atoms with Gasteiger partial charge in [0.05, 0.1) is 6.61 Å². The second kappa shape index (κ2) is 7.15. The molecule has 3 unspecified atom stereocenters. The Hall–Kier alpha value is -1.85. The van der Waals surface area contributed by atoms with Crippen molar-refractivity contribution in [2.24, 2.45) is 0 Å². The van der Waals surface area contributed by atoms with E-state index in [1.807, 2.05) is 4.98 Å². The number of hydrogen-bond donors (Lipinski definition) is 4. The highest BCUT2D eigenvalue weighted by atomic mass is 16.5. The van der Waals surface area contributed by atoms with Crippen molar-refractivity contribution in [2.45, 2.75) is 44.7 Å². The van der Waals surface area contributed by atoms with Crippen LogP contribution in [0.2, 0.25) is 0 Å². The van der Waals surface area contributed by atoms with E-state index in [1.54, 1.807) is 0 Å². The molecule has 0 aliphatic rings. The Morgan fingerprint density at radius 3 is 2.35 bits per heavy atom. The largest absolute Gasteiger partial charge is 0.394 e. The van der Waals surface area contributed by atoms with Crippen molar-refractivity contribution in [3.63, 3.8) is 0 Å². The van der Waals surface area contributed by atoms with Gasteiger partial charge in [-0.05, 0) is 20.8 Å². The number of ketones is 1. The van der Waals surface area contributed by atoms with Crippen LogP contribution < -0.4 is 11.2 Å². The van der Waals surface area contributed by atoms with Gasteiger partial charge in [-0.2, -0.15) is 0 Å². The lowest BCUT2D eigenvalue weighted by atomic mass is 10.0. The predicted molar refractivity (Wildman–Crippen MR) is 76.7 cm³/mol. The Morgan fingerprint density at radius 2 is 1.91 bits per heavy atom. The Labute approximate surface area is 131 Å². The Morgan fingerprint density at radius 1 is 1.35 bits per heavy atom. The second-order valence-corrected chi connectivity index (χ2v) is 5.98. The number of H-pyrrole nitrogens is 1. The molecule has 0 bridgehead atoms. The lowest BCUT2D eigenvalue weighted by Crippen LogP contribution is -2.53. The van der Waals surface area contributed by atoms with Crippen LogP contribution in [0.4, 0.5) is 0 Å². The minimum absolute atomic E-state index is 0.266. The first-order valence-corrected chi connectivity index (χ1v) is 6.79. The number of aliphatic hydroxyl groups is 3. The van der Waals surface area contributed by atoms with Gasteiger partial charge in [-0.3, -0.25) is 19.1 Å². The quantitative estimate of drug-likeness (QED) is 0.430. The van der Waals surface area contributed by atoms with Gasteiger partial charge in [0.2, 0.25) is 5.78 Å². The highest BCUT2D eigenvalue weighted by Crippen LogP contribution is 2.23. The van der Waals surface area contributed by atoms with Crippen molar-refractivity contribution >= 4 is 5.78 Å². The average Bonchev–Trinajstić information content (AvgIpc) is 2.46. The van der Waals surface area contributed by atoms with E-state index in [4.69, 9.17) is 5.11 Å². The number of carbonyl (C=O) groups excluding carboxylic acids is 1. The molecule has 129 valence electrons. The van der Waals surface area contributed by atoms with E-state index in [1.165, 1.54) is 20.8 Å². The lowest BCUT2D eigenvalue weighted by molar-refractivity contribution is -0.256. The molecule has 0 saturated heterocycles. The van der Waals surface area contributed by atoms with Crippen LogP contribution in [-0.2, 0) is 10.0 Å². The normalized spacial score (nSPS) is 16.2. The van der Waals surface area contributed by atoms with Crippen LogP contribution >= 0.6 is 0 Å². The summed E-state index contributed by atoms with van der Waals surface area (Å²) in [6, 6.07) is 0.938. The SMILES string of the molecule is CC(C)(C)N([O])C(C(=O)C(O)C(O)CO)n1ccc(=O)[nH]c1=O. The molecule has 0 aliphatic carbocycles. The topological polar surface area (TPSA) is 156 Å². The summed E-state index contributed by atoms with van der Waals surface area (Å²) in [4.78, 5) is 37.3. The minimum Gasteiger partial charge on any atom is -0.394 e. The summed E-state index contributed by atoms with van der Waals surface area (Å²) in [6.07, 6.45) is -4.77. The van der Waals surface area contributed by atoms with E-state index in [0.717, 1.165) is 12.3 Å². The Balaban J connectivity index is 3.41. The molecule has 4 N–H and O–H groups in total. The van der Waals surface area contributed by atoms with Crippen LogP contribution in [0.15, 0.2) is 21.9 Å². The first-order valence-electron chi connectivity index (χ1n) is 6.79. The standard InChI is InChI=1S/C13H20N3O7/c1-13(2,3)16(23)11(10(21)9(20)7(18)6-17)15-5-4-8(19)14-12(15)22/h4-5,7,9,11,17-18,20H,6H2,1-3H3,(H,14,19,22).